The molecule has 1 aromatic heterocycles. The molecule has 1 amide bonds. The maximum absolute atomic E-state index is 14.8. The van der Waals surface area contributed by atoms with Crippen LogP contribution in [0.1, 0.15) is 17.5 Å². The van der Waals surface area contributed by atoms with Gasteiger partial charge >= 0.3 is 6.09 Å². The maximum Gasteiger partial charge on any atom is 0.437 e. The molecule has 0 atom stereocenters. The zero-order chi connectivity index (χ0) is 20.1. The molecule has 9 heteroatoms. The first kappa shape index (κ1) is 19.6. The van der Waals surface area contributed by atoms with Crippen LogP contribution in [0.3, 0.4) is 0 Å². The lowest BCUT2D eigenvalue weighted by Gasteiger charge is -2.28. The van der Waals surface area contributed by atoms with Gasteiger partial charge in [-0.1, -0.05) is 29.8 Å². The van der Waals surface area contributed by atoms with E-state index in [0.29, 0.717) is 18.1 Å². The molecule has 146 valence electrons. The number of ether oxygens (including phenoxy) is 1. The van der Waals surface area contributed by atoms with E-state index in [1.807, 2.05) is 35.2 Å². The Bertz CT molecular complexity index is 926. The molecular weight excluding hydrogens is 385 g/mol. The predicted molar refractivity (Wildman–Crippen MR) is 106 cm³/mol. The zero-order valence-electron chi connectivity index (χ0n) is 14.9. The van der Waals surface area contributed by atoms with Crippen LogP contribution in [-0.4, -0.2) is 30.1 Å². The molecule has 28 heavy (non-hydrogen) atoms. The van der Waals surface area contributed by atoms with Crippen LogP contribution in [-0.2, 0) is 11.3 Å². The Labute approximate surface area is 166 Å². The summed E-state index contributed by atoms with van der Waals surface area (Å²) in [5.41, 5.74) is 12.7. The maximum atomic E-state index is 14.8. The third-order valence-corrected chi connectivity index (χ3v) is 4.50. The second kappa shape index (κ2) is 8.71. The Balaban J connectivity index is 1.70. The molecule has 0 unspecified atom stereocenters. The first-order valence-corrected chi connectivity index (χ1v) is 8.91. The Morgan fingerprint density at radius 3 is 2.68 bits per heavy atom. The number of pyridine rings is 1. The van der Waals surface area contributed by atoms with E-state index in [1.165, 1.54) is 17.8 Å². The molecule has 3 rings (SSSR count). The lowest BCUT2D eigenvalue weighted by molar-refractivity contribution is 0.149. The average molecular weight is 404 g/mol. The summed E-state index contributed by atoms with van der Waals surface area (Å²) in [6, 6.07) is 9.07. The molecule has 0 saturated carbocycles. The fraction of sp³-hybridized carbons (Fsp3) is 0.211. The highest BCUT2D eigenvalue weighted by molar-refractivity contribution is 6.30. The van der Waals surface area contributed by atoms with E-state index >= 15 is 0 Å². The van der Waals surface area contributed by atoms with Crippen LogP contribution >= 0.6 is 11.6 Å². The smallest absolute Gasteiger partial charge is 0.437 e. The molecule has 4 N–H and O–H groups in total. The number of hydrogen-bond donors (Lipinski definition) is 2. The number of guanidine groups is 1. The normalized spacial score (nSPS) is 13.6. The minimum atomic E-state index is -0.980. The number of anilines is 1. The second-order valence-electron chi connectivity index (χ2n) is 6.13. The van der Waals surface area contributed by atoms with Gasteiger partial charge in [-0.3, -0.25) is 0 Å². The number of halogens is 2. The van der Waals surface area contributed by atoms with Crippen molar-refractivity contribution in [3.8, 4) is 0 Å². The van der Waals surface area contributed by atoms with Gasteiger partial charge in [0.1, 0.15) is 6.61 Å². The van der Waals surface area contributed by atoms with Crippen LogP contribution in [0.5, 0.6) is 0 Å². The van der Waals surface area contributed by atoms with Gasteiger partial charge in [-0.15, -0.1) is 4.99 Å². The minimum Gasteiger partial charge on any atom is -0.443 e. The molecule has 0 spiro atoms. The highest BCUT2D eigenvalue weighted by Gasteiger charge is 2.20. The number of carbonyl (C=O) groups excluding carboxylic acids is 1. The van der Waals surface area contributed by atoms with Gasteiger partial charge in [0.2, 0.25) is 0 Å². The van der Waals surface area contributed by atoms with Crippen LogP contribution in [0.2, 0.25) is 5.02 Å². The molecule has 1 aliphatic heterocycles. The highest BCUT2D eigenvalue weighted by Crippen LogP contribution is 2.28. The van der Waals surface area contributed by atoms with Crippen LogP contribution in [0.25, 0.3) is 5.57 Å². The van der Waals surface area contributed by atoms with E-state index < -0.39 is 17.9 Å². The van der Waals surface area contributed by atoms with Gasteiger partial charge in [-0.05, 0) is 35.8 Å². The van der Waals surface area contributed by atoms with Crippen molar-refractivity contribution in [3.05, 3.63) is 64.6 Å². The molecule has 0 aliphatic carbocycles. The summed E-state index contributed by atoms with van der Waals surface area (Å²) >= 11 is 5.93. The first-order chi connectivity index (χ1) is 13.4. The van der Waals surface area contributed by atoms with Crippen molar-refractivity contribution in [2.24, 2.45) is 16.5 Å². The van der Waals surface area contributed by atoms with E-state index in [-0.39, 0.29) is 18.0 Å². The number of carbonyl (C=O) groups is 1. The van der Waals surface area contributed by atoms with Crippen molar-refractivity contribution < 1.29 is 13.9 Å². The number of rotatable bonds is 4. The van der Waals surface area contributed by atoms with E-state index in [4.69, 9.17) is 27.8 Å². The van der Waals surface area contributed by atoms with E-state index in [9.17, 15) is 9.18 Å². The van der Waals surface area contributed by atoms with Gasteiger partial charge in [0, 0.05) is 29.9 Å². The highest BCUT2D eigenvalue weighted by atomic mass is 35.5. The third-order valence-electron chi connectivity index (χ3n) is 4.25. The van der Waals surface area contributed by atoms with Crippen molar-refractivity contribution in [2.75, 3.05) is 18.0 Å². The molecule has 0 fully saturated rings. The first-order valence-electron chi connectivity index (χ1n) is 8.53. The predicted octanol–water partition coefficient (Wildman–Crippen LogP) is 3.08. The second-order valence-corrected chi connectivity index (χ2v) is 6.57. The van der Waals surface area contributed by atoms with E-state index in [2.05, 4.69) is 9.98 Å². The largest absolute Gasteiger partial charge is 0.443 e. The number of nitrogens with zero attached hydrogens (tertiary/aromatic N) is 3. The standard InChI is InChI=1S/C19H19ClFN5O2/c20-15-3-1-12(2-4-15)13-6-9-26(10-7-13)17-16(21)14(5-8-24-17)11-28-19(27)25-18(22)23/h1-6,8H,7,9-11H2,(H4,22,23,25,27). The van der Waals surface area contributed by atoms with Crippen LogP contribution in [0.4, 0.5) is 15.0 Å². The molecule has 7 nitrogen and oxygen atoms in total. The van der Waals surface area contributed by atoms with Gasteiger partial charge in [0.15, 0.2) is 17.6 Å². The fourth-order valence-electron chi connectivity index (χ4n) is 2.87. The number of amides is 1. The van der Waals surface area contributed by atoms with Crippen molar-refractivity contribution in [3.63, 3.8) is 0 Å². The third kappa shape index (κ3) is 4.77. The number of aliphatic imine (C=N–C) groups is 1. The Kier molecular flexibility index (Phi) is 6.10. The molecule has 2 heterocycles. The Hall–Kier alpha value is -3.13. The fourth-order valence-corrected chi connectivity index (χ4v) is 2.99. The number of aromatic nitrogens is 1. The summed E-state index contributed by atoms with van der Waals surface area (Å²) < 4.78 is 19.7. The van der Waals surface area contributed by atoms with Crippen molar-refractivity contribution in [1.29, 1.82) is 0 Å². The molecule has 0 bridgehead atoms. The molecule has 0 radical (unpaired) electrons. The molecule has 1 aromatic carbocycles. The summed E-state index contributed by atoms with van der Waals surface area (Å²) in [5.74, 6) is -0.748. The molecule has 0 saturated heterocycles. The Morgan fingerprint density at radius 2 is 2.04 bits per heavy atom. The van der Waals surface area contributed by atoms with Gasteiger partial charge in [-0.25, -0.2) is 14.2 Å². The van der Waals surface area contributed by atoms with Gasteiger partial charge in [0.05, 0.1) is 0 Å². The van der Waals surface area contributed by atoms with E-state index in [0.717, 1.165) is 12.0 Å². The molecule has 2 aromatic rings. The summed E-state index contributed by atoms with van der Waals surface area (Å²) in [6.07, 6.45) is 3.28. The summed E-state index contributed by atoms with van der Waals surface area (Å²) in [6.45, 7) is 0.825. The van der Waals surface area contributed by atoms with Crippen molar-refractivity contribution in [1.82, 2.24) is 4.98 Å². The monoisotopic (exact) mass is 403 g/mol. The summed E-state index contributed by atoms with van der Waals surface area (Å²) in [7, 11) is 0. The van der Waals surface area contributed by atoms with Gasteiger partial charge in [-0.2, -0.15) is 0 Å². The van der Waals surface area contributed by atoms with Crippen molar-refractivity contribution in [2.45, 2.75) is 13.0 Å². The summed E-state index contributed by atoms with van der Waals surface area (Å²) in [5, 5.41) is 0.686. The zero-order valence-corrected chi connectivity index (χ0v) is 15.7. The molecule has 1 aliphatic rings. The lowest BCUT2D eigenvalue weighted by atomic mass is 9.99. The van der Waals surface area contributed by atoms with Gasteiger partial charge < -0.3 is 21.1 Å². The quantitative estimate of drug-likeness (QED) is 0.600. The van der Waals surface area contributed by atoms with Crippen LogP contribution in [0.15, 0.2) is 47.6 Å². The summed E-state index contributed by atoms with van der Waals surface area (Å²) in [4.78, 5) is 20.6. The topological polar surface area (TPSA) is 107 Å². The lowest BCUT2D eigenvalue weighted by Crippen LogP contribution is -2.30. The minimum absolute atomic E-state index is 0.191. The average Bonchev–Trinajstić information content (AvgIpc) is 2.67. The molecular formula is C19H19ClFN5O2. The number of hydrogen-bond acceptors (Lipinski definition) is 4. The van der Waals surface area contributed by atoms with Gasteiger partial charge in [0.25, 0.3) is 0 Å². The number of nitrogens with two attached hydrogens (primary N) is 2. The SMILES string of the molecule is NC(N)=NC(=O)OCc1ccnc(N2CC=C(c3ccc(Cl)cc3)CC2)c1F. The number of benzene rings is 1. The van der Waals surface area contributed by atoms with Crippen LogP contribution in [0, 0.1) is 5.82 Å². The van der Waals surface area contributed by atoms with Crippen LogP contribution < -0.4 is 16.4 Å². The van der Waals surface area contributed by atoms with Crippen molar-refractivity contribution >= 4 is 35.0 Å². The Morgan fingerprint density at radius 1 is 1.29 bits per heavy atom. The van der Waals surface area contributed by atoms with E-state index in [1.54, 1.807) is 0 Å².